The minimum Gasteiger partial charge on any atom is -0.484 e. The van der Waals surface area contributed by atoms with Crippen LogP contribution < -0.4 is 4.74 Å². The standard InChI is InChI=1S/C19H28N2O3/c1-23-14-17-8-11-20(13-17)12-16-4-6-18(7-5-16)24-15-19(22)21-9-2-3-10-21/h4-7,17H,2-3,8-15H2,1H3/t17-/m1/s1. The Hall–Kier alpha value is -1.59. The van der Waals surface area contributed by atoms with Crippen LogP contribution in [0, 0.1) is 5.92 Å². The van der Waals surface area contributed by atoms with E-state index in [9.17, 15) is 4.79 Å². The molecule has 0 N–H and O–H groups in total. The Morgan fingerprint density at radius 1 is 1.17 bits per heavy atom. The summed E-state index contributed by atoms with van der Waals surface area (Å²) in [6.45, 7) is 5.96. The normalized spacial score (nSPS) is 21.4. The van der Waals surface area contributed by atoms with Crippen molar-refractivity contribution in [2.45, 2.75) is 25.8 Å². The van der Waals surface area contributed by atoms with E-state index in [1.807, 2.05) is 17.0 Å². The molecule has 0 bridgehead atoms. The van der Waals surface area contributed by atoms with Gasteiger partial charge in [-0.2, -0.15) is 0 Å². The maximum absolute atomic E-state index is 12.0. The molecule has 1 aromatic carbocycles. The van der Waals surface area contributed by atoms with Crippen molar-refractivity contribution in [1.82, 2.24) is 9.80 Å². The van der Waals surface area contributed by atoms with Crippen molar-refractivity contribution in [3.63, 3.8) is 0 Å². The van der Waals surface area contributed by atoms with E-state index < -0.39 is 0 Å². The van der Waals surface area contributed by atoms with Crippen LogP contribution in [0.4, 0.5) is 0 Å². The Kier molecular flexibility index (Phi) is 6.10. The quantitative estimate of drug-likeness (QED) is 0.767. The van der Waals surface area contributed by atoms with Crippen LogP contribution in [0.2, 0.25) is 0 Å². The molecule has 2 aliphatic rings. The van der Waals surface area contributed by atoms with E-state index in [2.05, 4.69) is 17.0 Å². The summed E-state index contributed by atoms with van der Waals surface area (Å²) in [5, 5.41) is 0. The Balaban J connectivity index is 1.42. The highest BCUT2D eigenvalue weighted by Gasteiger charge is 2.22. The van der Waals surface area contributed by atoms with E-state index >= 15 is 0 Å². The van der Waals surface area contributed by atoms with E-state index in [4.69, 9.17) is 9.47 Å². The molecule has 2 aliphatic heterocycles. The summed E-state index contributed by atoms with van der Waals surface area (Å²) < 4.78 is 10.9. The van der Waals surface area contributed by atoms with Gasteiger partial charge in [-0.05, 0) is 49.4 Å². The molecule has 5 nitrogen and oxygen atoms in total. The number of hydrogen-bond donors (Lipinski definition) is 0. The molecule has 1 atom stereocenters. The van der Waals surface area contributed by atoms with Crippen LogP contribution >= 0.6 is 0 Å². The van der Waals surface area contributed by atoms with Crippen molar-refractivity contribution in [3.8, 4) is 5.75 Å². The third-order valence-electron chi connectivity index (χ3n) is 4.92. The summed E-state index contributed by atoms with van der Waals surface area (Å²) in [4.78, 5) is 16.3. The number of rotatable bonds is 7. The Bertz CT molecular complexity index is 526. The van der Waals surface area contributed by atoms with Gasteiger partial charge in [0.2, 0.25) is 0 Å². The molecule has 0 aromatic heterocycles. The van der Waals surface area contributed by atoms with Crippen LogP contribution in [-0.4, -0.2) is 62.2 Å². The molecule has 132 valence electrons. The van der Waals surface area contributed by atoms with E-state index in [0.717, 1.165) is 57.9 Å². The first-order valence-corrected chi connectivity index (χ1v) is 8.95. The third kappa shape index (κ3) is 4.71. The van der Waals surface area contributed by atoms with Crippen LogP contribution in [0.3, 0.4) is 0 Å². The Morgan fingerprint density at radius 3 is 2.62 bits per heavy atom. The van der Waals surface area contributed by atoms with Gasteiger partial charge in [0.05, 0.1) is 6.61 Å². The first kappa shape index (κ1) is 17.2. The number of hydrogen-bond acceptors (Lipinski definition) is 4. The van der Waals surface area contributed by atoms with E-state index in [1.54, 1.807) is 7.11 Å². The fraction of sp³-hybridized carbons (Fsp3) is 0.632. The molecule has 0 saturated carbocycles. The molecular formula is C19H28N2O3. The molecule has 1 amide bonds. The minimum absolute atomic E-state index is 0.0952. The van der Waals surface area contributed by atoms with E-state index in [0.29, 0.717) is 5.92 Å². The van der Waals surface area contributed by atoms with Crippen LogP contribution in [0.25, 0.3) is 0 Å². The van der Waals surface area contributed by atoms with Crippen LogP contribution in [-0.2, 0) is 16.1 Å². The number of ether oxygens (including phenoxy) is 2. The van der Waals surface area contributed by atoms with Crippen molar-refractivity contribution in [3.05, 3.63) is 29.8 Å². The first-order chi connectivity index (χ1) is 11.7. The number of carbonyl (C=O) groups is 1. The molecule has 0 aliphatic carbocycles. The summed E-state index contributed by atoms with van der Waals surface area (Å²) in [7, 11) is 1.77. The number of nitrogens with zero attached hydrogens (tertiary/aromatic N) is 2. The zero-order valence-electron chi connectivity index (χ0n) is 14.6. The third-order valence-corrected chi connectivity index (χ3v) is 4.92. The molecule has 24 heavy (non-hydrogen) atoms. The number of benzene rings is 1. The topological polar surface area (TPSA) is 42.0 Å². The lowest BCUT2D eigenvalue weighted by Crippen LogP contribution is -2.32. The SMILES string of the molecule is COC[C@@H]1CCN(Cc2ccc(OCC(=O)N3CCCC3)cc2)C1. The number of likely N-dealkylation sites (tertiary alicyclic amines) is 2. The van der Waals surface area contributed by atoms with E-state index in [-0.39, 0.29) is 12.5 Å². The van der Waals surface area contributed by atoms with Crippen molar-refractivity contribution >= 4 is 5.91 Å². The largest absolute Gasteiger partial charge is 0.484 e. The summed E-state index contributed by atoms with van der Waals surface area (Å²) in [5.74, 6) is 1.53. The zero-order chi connectivity index (χ0) is 16.8. The van der Waals surface area contributed by atoms with Gasteiger partial charge >= 0.3 is 0 Å². The Labute approximate surface area is 144 Å². The number of carbonyl (C=O) groups excluding carboxylic acids is 1. The first-order valence-electron chi connectivity index (χ1n) is 8.95. The van der Waals surface area contributed by atoms with Gasteiger partial charge in [-0.3, -0.25) is 9.69 Å². The highest BCUT2D eigenvalue weighted by atomic mass is 16.5. The second-order valence-corrected chi connectivity index (χ2v) is 6.87. The summed E-state index contributed by atoms with van der Waals surface area (Å²) in [6.07, 6.45) is 3.44. The monoisotopic (exact) mass is 332 g/mol. The van der Waals surface area contributed by atoms with Gasteiger partial charge in [0, 0.05) is 33.3 Å². The minimum atomic E-state index is 0.0952. The lowest BCUT2D eigenvalue weighted by atomic mass is 10.1. The van der Waals surface area contributed by atoms with Crippen molar-refractivity contribution in [2.75, 3.05) is 46.5 Å². The smallest absolute Gasteiger partial charge is 0.260 e. The van der Waals surface area contributed by atoms with Gasteiger partial charge in [0.1, 0.15) is 5.75 Å². The molecule has 2 fully saturated rings. The van der Waals surface area contributed by atoms with Gasteiger partial charge in [-0.1, -0.05) is 12.1 Å². The molecule has 3 rings (SSSR count). The van der Waals surface area contributed by atoms with Crippen LogP contribution in [0.15, 0.2) is 24.3 Å². The molecule has 0 unspecified atom stereocenters. The summed E-state index contributed by atoms with van der Waals surface area (Å²) in [6, 6.07) is 8.13. The molecule has 2 heterocycles. The summed E-state index contributed by atoms with van der Waals surface area (Å²) in [5.41, 5.74) is 1.28. The summed E-state index contributed by atoms with van der Waals surface area (Å²) >= 11 is 0. The lowest BCUT2D eigenvalue weighted by Gasteiger charge is -2.17. The fourth-order valence-electron chi connectivity index (χ4n) is 3.58. The van der Waals surface area contributed by atoms with Crippen LogP contribution in [0.1, 0.15) is 24.8 Å². The second kappa shape index (κ2) is 8.49. The van der Waals surface area contributed by atoms with Gasteiger partial charge in [0.15, 0.2) is 6.61 Å². The van der Waals surface area contributed by atoms with Crippen molar-refractivity contribution in [2.24, 2.45) is 5.92 Å². The number of methoxy groups -OCH3 is 1. The van der Waals surface area contributed by atoms with Gasteiger partial charge < -0.3 is 14.4 Å². The molecule has 5 heteroatoms. The molecule has 0 radical (unpaired) electrons. The van der Waals surface area contributed by atoms with Crippen LogP contribution in [0.5, 0.6) is 5.75 Å². The molecule has 2 saturated heterocycles. The molecule has 0 spiro atoms. The van der Waals surface area contributed by atoms with E-state index in [1.165, 1.54) is 12.0 Å². The molecular weight excluding hydrogens is 304 g/mol. The predicted octanol–water partition coefficient (Wildman–Crippen LogP) is 2.16. The highest BCUT2D eigenvalue weighted by Crippen LogP contribution is 2.20. The van der Waals surface area contributed by atoms with Crippen molar-refractivity contribution in [1.29, 1.82) is 0 Å². The predicted molar refractivity (Wildman–Crippen MR) is 93.0 cm³/mol. The average Bonchev–Trinajstić information content (AvgIpc) is 3.26. The van der Waals surface area contributed by atoms with Crippen molar-refractivity contribution < 1.29 is 14.3 Å². The molecule has 1 aromatic rings. The fourth-order valence-corrected chi connectivity index (χ4v) is 3.58. The average molecular weight is 332 g/mol. The maximum Gasteiger partial charge on any atom is 0.260 e. The number of amides is 1. The lowest BCUT2D eigenvalue weighted by molar-refractivity contribution is -0.132. The maximum atomic E-state index is 12.0. The zero-order valence-corrected chi connectivity index (χ0v) is 14.6. The second-order valence-electron chi connectivity index (χ2n) is 6.87. The highest BCUT2D eigenvalue weighted by molar-refractivity contribution is 5.78. The van der Waals surface area contributed by atoms with Gasteiger partial charge in [-0.25, -0.2) is 0 Å². The van der Waals surface area contributed by atoms with Gasteiger partial charge in [0.25, 0.3) is 5.91 Å². The Morgan fingerprint density at radius 2 is 1.92 bits per heavy atom. The van der Waals surface area contributed by atoms with Gasteiger partial charge in [-0.15, -0.1) is 0 Å².